The van der Waals surface area contributed by atoms with Crippen molar-refractivity contribution in [3.63, 3.8) is 0 Å². The summed E-state index contributed by atoms with van der Waals surface area (Å²) in [5.74, 6) is 0. The van der Waals surface area contributed by atoms with Crippen molar-refractivity contribution >= 4 is 0 Å². The van der Waals surface area contributed by atoms with Crippen molar-refractivity contribution in [2.24, 2.45) is 0 Å². The SMILES string of the molecule is Cc1cccc(C)c1C(C)[O]. The minimum absolute atomic E-state index is 0.601. The van der Waals surface area contributed by atoms with E-state index in [1.165, 1.54) is 0 Å². The lowest BCUT2D eigenvalue weighted by Gasteiger charge is -2.09. The molecule has 0 fully saturated rings. The van der Waals surface area contributed by atoms with Crippen LogP contribution in [0.1, 0.15) is 29.7 Å². The number of benzene rings is 1. The summed E-state index contributed by atoms with van der Waals surface area (Å²) in [6.45, 7) is 5.66. The van der Waals surface area contributed by atoms with Gasteiger partial charge in [0.25, 0.3) is 0 Å². The van der Waals surface area contributed by atoms with Crippen LogP contribution in [-0.2, 0) is 5.11 Å². The van der Waals surface area contributed by atoms with Crippen LogP contribution in [0, 0.1) is 13.8 Å². The van der Waals surface area contributed by atoms with Gasteiger partial charge in [-0.1, -0.05) is 18.2 Å². The van der Waals surface area contributed by atoms with Crippen molar-refractivity contribution in [3.05, 3.63) is 34.9 Å². The van der Waals surface area contributed by atoms with Crippen LogP contribution in [0.25, 0.3) is 0 Å². The zero-order chi connectivity index (χ0) is 8.43. The molecule has 0 aliphatic rings. The molecule has 0 saturated carbocycles. The third-order valence-corrected chi connectivity index (χ3v) is 1.95. The first kappa shape index (κ1) is 8.28. The molecule has 1 nitrogen and oxygen atoms in total. The van der Waals surface area contributed by atoms with E-state index < -0.39 is 6.10 Å². The van der Waals surface area contributed by atoms with Crippen molar-refractivity contribution < 1.29 is 5.11 Å². The van der Waals surface area contributed by atoms with E-state index in [2.05, 4.69) is 0 Å². The fourth-order valence-corrected chi connectivity index (χ4v) is 1.47. The van der Waals surface area contributed by atoms with Gasteiger partial charge in [0, 0.05) is 0 Å². The van der Waals surface area contributed by atoms with Gasteiger partial charge in [-0.15, -0.1) is 0 Å². The van der Waals surface area contributed by atoms with Crippen molar-refractivity contribution in [1.29, 1.82) is 0 Å². The van der Waals surface area contributed by atoms with Gasteiger partial charge < -0.3 is 0 Å². The molecule has 0 spiro atoms. The highest BCUT2D eigenvalue weighted by molar-refractivity contribution is 5.34. The van der Waals surface area contributed by atoms with Gasteiger partial charge in [-0.25, -0.2) is 5.11 Å². The molecular weight excluding hydrogens is 136 g/mol. The molecule has 0 aliphatic carbocycles. The van der Waals surface area contributed by atoms with E-state index in [-0.39, 0.29) is 0 Å². The third kappa shape index (κ3) is 1.60. The number of hydrogen-bond acceptors (Lipinski definition) is 0. The minimum Gasteiger partial charge on any atom is -0.228 e. The van der Waals surface area contributed by atoms with Gasteiger partial charge in [0.1, 0.15) is 6.10 Å². The summed E-state index contributed by atoms with van der Waals surface area (Å²) in [7, 11) is 0. The highest BCUT2D eigenvalue weighted by atomic mass is 16.3. The van der Waals surface area contributed by atoms with Crippen LogP contribution in [0.4, 0.5) is 0 Å². The maximum Gasteiger partial charge on any atom is 0.116 e. The van der Waals surface area contributed by atoms with E-state index in [9.17, 15) is 5.11 Å². The maximum absolute atomic E-state index is 11.2. The second-order valence-corrected chi connectivity index (χ2v) is 2.95. The van der Waals surface area contributed by atoms with Crippen LogP contribution >= 0.6 is 0 Å². The standard InChI is InChI=1S/C10H13O/c1-7-5-4-6-8(2)10(7)9(3)11/h4-6,9H,1-3H3. The normalized spacial score (nSPS) is 13.1. The molecule has 59 valence electrons. The lowest BCUT2D eigenvalue weighted by Crippen LogP contribution is -1.96. The molecule has 1 rings (SSSR count). The summed E-state index contributed by atoms with van der Waals surface area (Å²) in [6, 6.07) is 5.95. The Kier molecular flexibility index (Phi) is 2.30. The summed E-state index contributed by atoms with van der Waals surface area (Å²) in [6.07, 6.45) is -0.601. The fraction of sp³-hybridized carbons (Fsp3) is 0.400. The zero-order valence-corrected chi connectivity index (χ0v) is 7.22. The van der Waals surface area contributed by atoms with E-state index in [4.69, 9.17) is 0 Å². The van der Waals surface area contributed by atoms with Crippen LogP contribution in [0.3, 0.4) is 0 Å². The quantitative estimate of drug-likeness (QED) is 0.585. The first-order chi connectivity index (χ1) is 5.13. The summed E-state index contributed by atoms with van der Waals surface area (Å²) in [5, 5.41) is 11.2. The number of aryl methyl sites for hydroxylation is 2. The molecule has 11 heavy (non-hydrogen) atoms. The second-order valence-electron chi connectivity index (χ2n) is 2.95. The Morgan fingerprint density at radius 3 is 1.91 bits per heavy atom. The third-order valence-electron chi connectivity index (χ3n) is 1.95. The van der Waals surface area contributed by atoms with E-state index in [1.807, 2.05) is 32.0 Å². The van der Waals surface area contributed by atoms with Gasteiger partial charge in [0.15, 0.2) is 0 Å². The summed E-state index contributed by atoms with van der Waals surface area (Å²) >= 11 is 0. The Morgan fingerprint density at radius 1 is 1.18 bits per heavy atom. The van der Waals surface area contributed by atoms with Crippen molar-refractivity contribution in [2.45, 2.75) is 26.9 Å². The molecule has 1 unspecified atom stereocenters. The minimum atomic E-state index is -0.601. The maximum atomic E-state index is 11.2. The predicted octanol–water partition coefficient (Wildman–Crippen LogP) is 2.79. The highest BCUT2D eigenvalue weighted by Gasteiger charge is 2.07. The van der Waals surface area contributed by atoms with Crippen LogP contribution < -0.4 is 0 Å². The first-order valence-corrected chi connectivity index (χ1v) is 3.85. The Bertz CT molecular complexity index is 231. The van der Waals surface area contributed by atoms with E-state index in [0.717, 1.165) is 16.7 Å². The Hall–Kier alpha value is -0.820. The largest absolute Gasteiger partial charge is 0.228 e. The van der Waals surface area contributed by atoms with Crippen LogP contribution in [0.15, 0.2) is 18.2 Å². The molecule has 1 aromatic carbocycles. The van der Waals surface area contributed by atoms with E-state index in [0.29, 0.717) is 0 Å². The molecule has 0 heterocycles. The molecule has 0 bridgehead atoms. The Balaban J connectivity index is 3.21. The van der Waals surface area contributed by atoms with Crippen LogP contribution in [0.5, 0.6) is 0 Å². The van der Waals surface area contributed by atoms with E-state index in [1.54, 1.807) is 6.92 Å². The van der Waals surface area contributed by atoms with Gasteiger partial charge in [0.2, 0.25) is 0 Å². The molecule has 0 saturated heterocycles. The van der Waals surface area contributed by atoms with Gasteiger partial charge in [-0.2, -0.15) is 0 Å². The highest BCUT2D eigenvalue weighted by Crippen LogP contribution is 2.20. The summed E-state index contributed by atoms with van der Waals surface area (Å²) < 4.78 is 0. The molecule has 0 amide bonds. The molecule has 1 aromatic rings. The topological polar surface area (TPSA) is 19.9 Å². The van der Waals surface area contributed by atoms with Crippen molar-refractivity contribution in [3.8, 4) is 0 Å². The molecule has 0 N–H and O–H groups in total. The molecule has 0 aromatic heterocycles. The van der Waals surface area contributed by atoms with Crippen molar-refractivity contribution in [1.82, 2.24) is 0 Å². The van der Waals surface area contributed by atoms with Gasteiger partial charge >= 0.3 is 0 Å². The number of hydrogen-bond donors (Lipinski definition) is 0. The van der Waals surface area contributed by atoms with Gasteiger partial charge in [0.05, 0.1) is 0 Å². The lowest BCUT2D eigenvalue weighted by molar-refractivity contribution is 0.105. The Morgan fingerprint density at radius 2 is 1.64 bits per heavy atom. The smallest absolute Gasteiger partial charge is 0.116 e. The van der Waals surface area contributed by atoms with Crippen molar-refractivity contribution in [2.75, 3.05) is 0 Å². The van der Waals surface area contributed by atoms with Gasteiger partial charge in [-0.05, 0) is 37.5 Å². The fourth-order valence-electron chi connectivity index (χ4n) is 1.47. The molecule has 1 atom stereocenters. The average Bonchev–Trinajstić information content (AvgIpc) is 1.85. The van der Waals surface area contributed by atoms with Crippen LogP contribution in [0.2, 0.25) is 0 Å². The average molecular weight is 149 g/mol. The predicted molar refractivity (Wildman–Crippen MR) is 45.0 cm³/mol. The summed E-state index contributed by atoms with van der Waals surface area (Å²) in [4.78, 5) is 0. The van der Waals surface area contributed by atoms with Gasteiger partial charge in [-0.3, -0.25) is 0 Å². The second kappa shape index (κ2) is 3.05. The molecule has 1 heteroatoms. The zero-order valence-electron chi connectivity index (χ0n) is 7.22. The molecule has 0 aliphatic heterocycles. The Labute approximate surface area is 67.7 Å². The lowest BCUT2D eigenvalue weighted by atomic mass is 9.99. The first-order valence-electron chi connectivity index (χ1n) is 3.85. The van der Waals surface area contributed by atoms with Crippen LogP contribution in [-0.4, -0.2) is 0 Å². The summed E-state index contributed by atoms with van der Waals surface area (Å²) in [5.41, 5.74) is 3.16. The molecule has 1 radical (unpaired) electrons. The molecular formula is C10H13O. The van der Waals surface area contributed by atoms with E-state index >= 15 is 0 Å². The monoisotopic (exact) mass is 149 g/mol. The number of rotatable bonds is 1.